The van der Waals surface area contributed by atoms with Crippen LogP contribution in [0.25, 0.3) is 18.2 Å². The molecule has 4 rings (SSSR count). The Morgan fingerprint density at radius 2 is 2.08 bits per heavy atom. The van der Waals surface area contributed by atoms with Crippen LogP contribution < -0.4 is 30.7 Å². The van der Waals surface area contributed by atoms with E-state index >= 15 is 0 Å². The molecule has 1 aromatic heterocycles. The number of aromatic nitrogens is 2. The first kappa shape index (κ1) is 27.0. The van der Waals surface area contributed by atoms with Crippen LogP contribution in [0, 0.1) is 0 Å². The molecule has 0 unspecified atom stereocenters. The third kappa shape index (κ3) is 7.25. The third-order valence-electron chi connectivity index (χ3n) is 6.36. The second-order valence-corrected chi connectivity index (χ2v) is 8.92. The molecule has 0 atom stereocenters. The molecule has 2 aliphatic rings. The SMILES string of the molecule is CCOC(=O)N1CCC(NCCOc2ccc(NC(=O)/C=C/c3n[nH]c4c3=CCC=CC=4)cc2OC)CC1. The molecule has 3 N–H and O–H groups in total. The molecule has 202 valence electrons. The van der Waals surface area contributed by atoms with E-state index in [1.807, 2.05) is 19.1 Å². The lowest BCUT2D eigenvalue weighted by atomic mass is 10.1. The Hall–Kier alpha value is -4.05. The van der Waals surface area contributed by atoms with Gasteiger partial charge in [0.2, 0.25) is 5.91 Å². The van der Waals surface area contributed by atoms with Gasteiger partial charge in [0.25, 0.3) is 0 Å². The summed E-state index contributed by atoms with van der Waals surface area (Å²) in [7, 11) is 1.56. The van der Waals surface area contributed by atoms with Crippen LogP contribution in [0.5, 0.6) is 11.5 Å². The Bertz CT molecular complexity index is 1290. The van der Waals surface area contributed by atoms with Gasteiger partial charge in [0, 0.05) is 48.7 Å². The van der Waals surface area contributed by atoms with Crippen molar-refractivity contribution in [3.8, 4) is 11.5 Å². The molecule has 1 aromatic carbocycles. The lowest BCUT2D eigenvalue weighted by Gasteiger charge is -2.31. The molecule has 1 fully saturated rings. The number of anilines is 1. The predicted octanol–water partition coefficient (Wildman–Crippen LogP) is 2.18. The number of nitrogens with zero attached hydrogens (tertiary/aromatic N) is 2. The quantitative estimate of drug-likeness (QED) is 0.324. The highest BCUT2D eigenvalue weighted by molar-refractivity contribution is 6.02. The molecule has 1 aliphatic heterocycles. The minimum atomic E-state index is -0.272. The van der Waals surface area contributed by atoms with Crippen molar-refractivity contribution in [2.45, 2.75) is 32.2 Å². The molecule has 0 radical (unpaired) electrons. The number of methoxy groups -OCH3 is 1. The number of fused-ring (bicyclic) bond motifs is 1. The summed E-state index contributed by atoms with van der Waals surface area (Å²) in [5.41, 5.74) is 1.31. The van der Waals surface area contributed by atoms with Crippen LogP contribution in [-0.2, 0) is 9.53 Å². The number of benzene rings is 1. The molecule has 0 saturated carbocycles. The number of amides is 2. The van der Waals surface area contributed by atoms with Crippen molar-refractivity contribution in [3.05, 3.63) is 52.7 Å². The maximum absolute atomic E-state index is 12.5. The number of piperidine rings is 1. The maximum atomic E-state index is 12.5. The molecular weight excluding hydrogens is 486 g/mol. The van der Waals surface area contributed by atoms with Crippen molar-refractivity contribution >= 4 is 35.9 Å². The number of carbonyl (C=O) groups is 2. The van der Waals surface area contributed by atoms with E-state index in [4.69, 9.17) is 14.2 Å². The fourth-order valence-electron chi connectivity index (χ4n) is 4.38. The maximum Gasteiger partial charge on any atom is 0.409 e. The lowest BCUT2D eigenvalue weighted by Crippen LogP contribution is -2.45. The van der Waals surface area contributed by atoms with Crippen molar-refractivity contribution in [1.29, 1.82) is 0 Å². The molecule has 1 saturated heterocycles. The number of likely N-dealkylation sites (tertiary alicyclic amines) is 1. The molecule has 10 heteroatoms. The van der Waals surface area contributed by atoms with Gasteiger partial charge in [0.1, 0.15) is 6.61 Å². The van der Waals surface area contributed by atoms with E-state index in [0.29, 0.717) is 56.1 Å². The molecule has 0 spiro atoms. The number of hydrogen-bond acceptors (Lipinski definition) is 7. The van der Waals surface area contributed by atoms with Crippen molar-refractivity contribution in [3.63, 3.8) is 0 Å². The number of carbonyl (C=O) groups excluding carboxylic acids is 2. The fraction of sp³-hybridized carbons (Fsp3) is 0.393. The average Bonchev–Trinajstić information content (AvgIpc) is 3.16. The summed E-state index contributed by atoms with van der Waals surface area (Å²) in [5, 5.41) is 15.5. The second-order valence-electron chi connectivity index (χ2n) is 8.92. The zero-order chi connectivity index (χ0) is 26.7. The second kappa shape index (κ2) is 13.5. The van der Waals surface area contributed by atoms with Gasteiger partial charge in [-0.05, 0) is 50.5 Å². The first-order chi connectivity index (χ1) is 18.6. The van der Waals surface area contributed by atoms with Crippen molar-refractivity contribution < 1.29 is 23.8 Å². The van der Waals surface area contributed by atoms with Gasteiger partial charge in [-0.1, -0.05) is 18.2 Å². The minimum absolute atomic E-state index is 0.237. The third-order valence-corrected chi connectivity index (χ3v) is 6.36. The van der Waals surface area contributed by atoms with Crippen LogP contribution in [0.1, 0.15) is 31.9 Å². The van der Waals surface area contributed by atoms with E-state index in [1.54, 1.807) is 36.3 Å². The number of hydrogen-bond donors (Lipinski definition) is 3. The molecule has 10 nitrogen and oxygen atoms in total. The van der Waals surface area contributed by atoms with Gasteiger partial charge >= 0.3 is 6.09 Å². The summed E-state index contributed by atoms with van der Waals surface area (Å²) in [6.07, 6.45) is 13.6. The van der Waals surface area contributed by atoms with Gasteiger partial charge in [-0.3, -0.25) is 9.89 Å². The Morgan fingerprint density at radius 1 is 1.24 bits per heavy atom. The zero-order valence-corrected chi connectivity index (χ0v) is 21.9. The average molecular weight is 522 g/mol. The smallest absolute Gasteiger partial charge is 0.409 e. The number of H-pyrrole nitrogens is 1. The van der Waals surface area contributed by atoms with Crippen molar-refractivity contribution in [1.82, 2.24) is 20.4 Å². The largest absolute Gasteiger partial charge is 0.493 e. The van der Waals surface area contributed by atoms with Crippen LogP contribution in [0.2, 0.25) is 0 Å². The highest BCUT2D eigenvalue weighted by atomic mass is 16.6. The molecule has 38 heavy (non-hydrogen) atoms. The van der Waals surface area contributed by atoms with Crippen LogP contribution in [0.4, 0.5) is 10.5 Å². The Balaban J connectivity index is 1.23. The summed E-state index contributed by atoms with van der Waals surface area (Å²) in [6.45, 7) is 4.71. The zero-order valence-electron chi connectivity index (χ0n) is 21.9. The number of rotatable bonds is 10. The standard InChI is InChI=1S/C28H35N5O5/c1-3-37-28(35)33-16-13-20(14-17-33)29-15-18-38-25-11-9-21(19-26(25)36-2)30-27(34)12-10-24-22-7-5-4-6-8-23(22)31-32-24/h4,6-12,19-20,29,31H,3,5,13-18H2,1-2H3,(H,30,34)/b12-10+. The monoisotopic (exact) mass is 521 g/mol. The van der Waals surface area contributed by atoms with E-state index in [-0.39, 0.29) is 12.0 Å². The lowest BCUT2D eigenvalue weighted by molar-refractivity contribution is -0.111. The summed E-state index contributed by atoms with van der Waals surface area (Å²) in [6, 6.07) is 5.62. The van der Waals surface area contributed by atoms with Gasteiger partial charge in [0.15, 0.2) is 11.5 Å². The predicted molar refractivity (Wildman–Crippen MR) is 146 cm³/mol. The highest BCUT2D eigenvalue weighted by Crippen LogP contribution is 2.30. The number of ether oxygens (including phenoxy) is 3. The van der Waals surface area contributed by atoms with E-state index in [1.165, 1.54) is 6.08 Å². The normalized spacial score (nSPS) is 15.3. The molecule has 2 heterocycles. The molecule has 0 bridgehead atoms. The first-order valence-corrected chi connectivity index (χ1v) is 12.9. The van der Waals surface area contributed by atoms with Crippen LogP contribution in [0.15, 0.2) is 36.4 Å². The summed E-state index contributed by atoms with van der Waals surface area (Å²) in [4.78, 5) is 26.1. The minimum Gasteiger partial charge on any atom is -0.493 e. The van der Waals surface area contributed by atoms with Gasteiger partial charge in [-0.15, -0.1) is 0 Å². The van der Waals surface area contributed by atoms with Gasteiger partial charge < -0.3 is 29.7 Å². The summed E-state index contributed by atoms with van der Waals surface area (Å²) >= 11 is 0. The van der Waals surface area contributed by atoms with E-state index in [2.05, 4.69) is 33.0 Å². The number of nitrogens with one attached hydrogen (secondary N) is 3. The Labute approximate surface area is 222 Å². The Kier molecular flexibility index (Phi) is 9.58. The van der Waals surface area contributed by atoms with Crippen LogP contribution >= 0.6 is 0 Å². The number of allylic oxidation sites excluding steroid dienone is 2. The van der Waals surface area contributed by atoms with Crippen LogP contribution in [0.3, 0.4) is 0 Å². The van der Waals surface area contributed by atoms with E-state index < -0.39 is 0 Å². The summed E-state index contributed by atoms with van der Waals surface area (Å²) < 4.78 is 16.4. The summed E-state index contributed by atoms with van der Waals surface area (Å²) in [5.74, 6) is 0.857. The van der Waals surface area contributed by atoms with Gasteiger partial charge in [-0.2, -0.15) is 5.10 Å². The van der Waals surface area contributed by atoms with E-state index in [0.717, 1.165) is 35.5 Å². The molecule has 1 aliphatic carbocycles. The number of aromatic amines is 1. The van der Waals surface area contributed by atoms with Gasteiger partial charge in [0.05, 0.1) is 24.8 Å². The fourth-order valence-corrected chi connectivity index (χ4v) is 4.38. The topological polar surface area (TPSA) is 118 Å². The van der Waals surface area contributed by atoms with Crippen molar-refractivity contribution in [2.75, 3.05) is 45.3 Å². The highest BCUT2D eigenvalue weighted by Gasteiger charge is 2.23. The molecule has 2 aromatic rings. The van der Waals surface area contributed by atoms with Crippen LogP contribution in [-0.4, -0.2) is 73.1 Å². The Morgan fingerprint density at radius 3 is 2.87 bits per heavy atom. The van der Waals surface area contributed by atoms with Crippen molar-refractivity contribution in [2.24, 2.45) is 0 Å². The first-order valence-electron chi connectivity index (χ1n) is 12.9. The molecule has 2 amide bonds. The molecular formula is C28H35N5O5. The van der Waals surface area contributed by atoms with E-state index in [9.17, 15) is 9.59 Å². The van der Waals surface area contributed by atoms with Gasteiger partial charge in [-0.25, -0.2) is 4.79 Å².